The monoisotopic (exact) mass is 447 g/mol. The maximum atomic E-state index is 12.5. The molecule has 0 saturated carbocycles. The van der Waals surface area contributed by atoms with Gasteiger partial charge in [-0.3, -0.25) is 14.9 Å². The fourth-order valence-electron chi connectivity index (χ4n) is 3.46. The molecule has 1 amide bonds. The lowest BCUT2D eigenvalue weighted by molar-refractivity contribution is -0.385. The van der Waals surface area contributed by atoms with Crippen LogP contribution < -0.4 is 4.72 Å². The molecule has 0 spiro atoms. The van der Waals surface area contributed by atoms with Crippen LogP contribution in [0.5, 0.6) is 0 Å². The smallest absolute Gasteiger partial charge is 0.270 e. The molecule has 0 bridgehead atoms. The number of nitrogens with one attached hydrogen (secondary N) is 1. The second kappa shape index (κ2) is 10.5. The van der Waals surface area contributed by atoms with E-state index >= 15 is 0 Å². The molecule has 1 heterocycles. The first-order valence-corrected chi connectivity index (χ1v) is 11.5. The van der Waals surface area contributed by atoms with Crippen LogP contribution in [-0.4, -0.2) is 50.4 Å². The number of carbonyl (C=O) groups excluding carboxylic acids is 1. The van der Waals surface area contributed by atoms with Crippen LogP contribution in [0.25, 0.3) is 0 Å². The molecule has 2 aromatic rings. The lowest BCUT2D eigenvalue weighted by Gasteiger charge is -2.32. The van der Waals surface area contributed by atoms with Crippen molar-refractivity contribution in [2.24, 2.45) is 5.92 Å². The summed E-state index contributed by atoms with van der Waals surface area (Å²) in [6, 6.07) is 14.5. The highest BCUT2D eigenvalue weighted by atomic mass is 32.2. The van der Waals surface area contributed by atoms with E-state index in [1.807, 2.05) is 30.3 Å². The van der Waals surface area contributed by atoms with Gasteiger partial charge in [-0.05, 0) is 30.4 Å². The number of nitrogens with zero attached hydrogens (tertiary/aromatic N) is 2. The number of carbonyl (C=O) groups is 1. The molecule has 166 valence electrons. The van der Waals surface area contributed by atoms with E-state index in [-0.39, 0.29) is 22.4 Å². The van der Waals surface area contributed by atoms with Gasteiger partial charge in [0.1, 0.15) is 0 Å². The van der Waals surface area contributed by atoms with Crippen molar-refractivity contribution in [3.63, 3.8) is 0 Å². The molecule has 1 fully saturated rings. The second-order valence-electron chi connectivity index (χ2n) is 7.43. The Hall–Kier alpha value is -2.82. The Morgan fingerprint density at radius 3 is 2.71 bits per heavy atom. The fraction of sp³-hybridized carbons (Fsp3) is 0.381. The van der Waals surface area contributed by atoms with Gasteiger partial charge in [0.15, 0.2) is 0 Å². The molecular weight excluding hydrogens is 422 g/mol. The standard InChI is InChI=1S/C21H25N3O6S/c25-21(13-22-31(28,29)20-10-4-9-19(12-20)24(26)27)23-11-5-8-18(14-23)16-30-15-17-6-2-1-3-7-17/h1-4,6-7,9-10,12,18,22H,5,8,11,13-16H2. The number of benzene rings is 2. The minimum atomic E-state index is -4.04. The number of amides is 1. The van der Waals surface area contributed by atoms with E-state index in [9.17, 15) is 23.3 Å². The van der Waals surface area contributed by atoms with Crippen molar-refractivity contribution in [2.75, 3.05) is 26.2 Å². The summed E-state index contributed by atoms with van der Waals surface area (Å²) in [4.78, 5) is 24.1. The van der Waals surface area contributed by atoms with E-state index in [4.69, 9.17) is 4.74 Å². The number of likely N-dealkylation sites (tertiary alicyclic amines) is 1. The van der Waals surface area contributed by atoms with Gasteiger partial charge in [-0.15, -0.1) is 0 Å². The zero-order valence-corrected chi connectivity index (χ0v) is 17.8. The molecule has 31 heavy (non-hydrogen) atoms. The molecular formula is C21H25N3O6S. The Balaban J connectivity index is 1.49. The topological polar surface area (TPSA) is 119 Å². The number of sulfonamides is 1. The quantitative estimate of drug-likeness (QED) is 0.465. The number of hydrogen-bond acceptors (Lipinski definition) is 6. The highest BCUT2D eigenvalue weighted by Crippen LogP contribution is 2.19. The summed E-state index contributed by atoms with van der Waals surface area (Å²) in [5, 5.41) is 10.9. The predicted molar refractivity (Wildman–Crippen MR) is 114 cm³/mol. The average Bonchev–Trinajstić information content (AvgIpc) is 2.78. The number of piperidine rings is 1. The van der Waals surface area contributed by atoms with Crippen LogP contribution in [-0.2, 0) is 26.2 Å². The van der Waals surface area contributed by atoms with Gasteiger partial charge in [-0.2, -0.15) is 0 Å². The molecule has 1 unspecified atom stereocenters. The van der Waals surface area contributed by atoms with Crippen LogP contribution in [0, 0.1) is 16.0 Å². The highest BCUT2D eigenvalue weighted by Gasteiger charge is 2.25. The van der Waals surface area contributed by atoms with E-state index in [2.05, 4.69) is 4.72 Å². The van der Waals surface area contributed by atoms with Crippen molar-refractivity contribution in [1.82, 2.24) is 9.62 Å². The van der Waals surface area contributed by atoms with E-state index in [0.717, 1.165) is 24.5 Å². The number of nitro benzene ring substituents is 1. The summed E-state index contributed by atoms with van der Waals surface area (Å²) in [6.45, 7) is 1.70. The zero-order chi connectivity index (χ0) is 22.3. The maximum absolute atomic E-state index is 12.5. The summed E-state index contributed by atoms with van der Waals surface area (Å²) in [5.74, 6) is -0.142. The summed E-state index contributed by atoms with van der Waals surface area (Å²) in [7, 11) is -4.04. The Morgan fingerprint density at radius 1 is 1.19 bits per heavy atom. The normalized spacial score (nSPS) is 16.8. The molecule has 2 aromatic carbocycles. The Labute approximate surface area is 181 Å². The van der Waals surface area contributed by atoms with Crippen molar-refractivity contribution >= 4 is 21.6 Å². The molecule has 3 rings (SSSR count). The van der Waals surface area contributed by atoms with Gasteiger partial charge in [0, 0.05) is 25.2 Å². The number of nitro groups is 1. The van der Waals surface area contributed by atoms with Crippen LogP contribution in [0.4, 0.5) is 5.69 Å². The summed E-state index contributed by atoms with van der Waals surface area (Å²) in [6.07, 6.45) is 1.76. The average molecular weight is 448 g/mol. The molecule has 0 aromatic heterocycles. The molecule has 0 radical (unpaired) electrons. The Morgan fingerprint density at radius 2 is 1.97 bits per heavy atom. The number of non-ortho nitro benzene ring substituents is 1. The van der Waals surface area contributed by atoms with Gasteiger partial charge < -0.3 is 9.64 Å². The zero-order valence-electron chi connectivity index (χ0n) is 17.0. The lowest BCUT2D eigenvalue weighted by Crippen LogP contribution is -2.45. The first kappa shape index (κ1) is 22.9. The number of hydrogen-bond donors (Lipinski definition) is 1. The molecule has 1 aliphatic heterocycles. The largest absolute Gasteiger partial charge is 0.376 e. The van der Waals surface area contributed by atoms with Crippen LogP contribution in [0.1, 0.15) is 18.4 Å². The lowest BCUT2D eigenvalue weighted by atomic mass is 9.99. The van der Waals surface area contributed by atoms with E-state index < -0.39 is 21.5 Å². The molecule has 1 saturated heterocycles. The summed E-state index contributed by atoms with van der Waals surface area (Å²) in [5.41, 5.74) is 0.755. The summed E-state index contributed by atoms with van der Waals surface area (Å²) >= 11 is 0. The first-order chi connectivity index (χ1) is 14.8. The Kier molecular flexibility index (Phi) is 7.72. The van der Waals surface area contributed by atoms with Gasteiger partial charge >= 0.3 is 0 Å². The minimum Gasteiger partial charge on any atom is -0.376 e. The van der Waals surface area contributed by atoms with Crippen molar-refractivity contribution in [3.05, 3.63) is 70.3 Å². The maximum Gasteiger partial charge on any atom is 0.270 e. The van der Waals surface area contributed by atoms with Gasteiger partial charge in [0.05, 0.1) is 29.6 Å². The minimum absolute atomic E-state index is 0.190. The van der Waals surface area contributed by atoms with E-state index in [1.54, 1.807) is 4.90 Å². The number of ether oxygens (including phenoxy) is 1. The molecule has 1 N–H and O–H groups in total. The van der Waals surface area contributed by atoms with Crippen molar-refractivity contribution in [1.29, 1.82) is 0 Å². The van der Waals surface area contributed by atoms with Gasteiger partial charge in [-0.1, -0.05) is 36.4 Å². The molecule has 0 aliphatic carbocycles. The van der Waals surface area contributed by atoms with Gasteiger partial charge in [-0.25, -0.2) is 13.1 Å². The third-order valence-electron chi connectivity index (χ3n) is 5.09. The molecule has 1 atom stereocenters. The van der Waals surface area contributed by atoms with Gasteiger partial charge in [0.25, 0.3) is 5.69 Å². The molecule has 10 heteroatoms. The van der Waals surface area contributed by atoms with Gasteiger partial charge in [0.2, 0.25) is 15.9 Å². The van der Waals surface area contributed by atoms with E-state index in [1.165, 1.54) is 18.2 Å². The summed E-state index contributed by atoms with van der Waals surface area (Å²) < 4.78 is 32.9. The highest BCUT2D eigenvalue weighted by molar-refractivity contribution is 7.89. The van der Waals surface area contributed by atoms with Crippen molar-refractivity contribution in [3.8, 4) is 0 Å². The molecule has 1 aliphatic rings. The third kappa shape index (κ3) is 6.58. The molecule has 9 nitrogen and oxygen atoms in total. The first-order valence-electron chi connectivity index (χ1n) is 9.99. The SMILES string of the molecule is O=C(CNS(=O)(=O)c1cccc([N+](=O)[O-])c1)N1CCCC(COCc2ccccc2)C1. The predicted octanol–water partition coefficient (Wildman–Crippen LogP) is 2.33. The van der Waals surface area contributed by atoms with Crippen LogP contribution >= 0.6 is 0 Å². The third-order valence-corrected chi connectivity index (χ3v) is 6.49. The number of rotatable bonds is 9. The second-order valence-corrected chi connectivity index (χ2v) is 9.19. The Bertz CT molecular complexity index is 1010. The van der Waals surface area contributed by atoms with E-state index in [0.29, 0.717) is 26.3 Å². The van der Waals surface area contributed by atoms with Crippen LogP contribution in [0.15, 0.2) is 59.5 Å². The van der Waals surface area contributed by atoms with Crippen molar-refractivity contribution < 1.29 is 22.9 Å². The fourth-order valence-corrected chi connectivity index (χ4v) is 4.48. The van der Waals surface area contributed by atoms with Crippen molar-refractivity contribution in [2.45, 2.75) is 24.3 Å². The van der Waals surface area contributed by atoms with Crippen LogP contribution in [0.2, 0.25) is 0 Å². The van der Waals surface area contributed by atoms with Crippen LogP contribution in [0.3, 0.4) is 0 Å².